The van der Waals surface area contributed by atoms with Gasteiger partial charge in [0, 0.05) is 0 Å². The van der Waals surface area contributed by atoms with Crippen molar-refractivity contribution < 1.29 is 31.1 Å². The van der Waals surface area contributed by atoms with Gasteiger partial charge in [-0.05, 0) is 24.3 Å². The van der Waals surface area contributed by atoms with E-state index < -0.39 is 41.0 Å². The van der Waals surface area contributed by atoms with Gasteiger partial charge in [0.1, 0.15) is 17.2 Å². The third kappa shape index (κ3) is 5.18. The maximum Gasteiger partial charge on any atom is 0.433 e. The summed E-state index contributed by atoms with van der Waals surface area (Å²) < 4.78 is 72.9. The average molecular weight is 420 g/mol. The molecule has 29 heavy (non-hydrogen) atoms. The molecule has 3 aromatic rings. The summed E-state index contributed by atoms with van der Waals surface area (Å²) in [5.41, 5.74) is 6.77. The Hall–Kier alpha value is -3.71. The summed E-state index contributed by atoms with van der Waals surface area (Å²) in [7, 11) is 0. The molecule has 0 bridgehead atoms. The van der Waals surface area contributed by atoms with E-state index in [9.17, 15) is 35.9 Å². The van der Waals surface area contributed by atoms with Crippen LogP contribution in [-0.4, -0.2) is 25.8 Å². The first-order chi connectivity index (χ1) is 13.3. The fourth-order valence-corrected chi connectivity index (χ4v) is 1.95. The number of amides is 1. The Morgan fingerprint density at radius 1 is 0.931 bits per heavy atom. The molecule has 154 valence electrons. The van der Waals surface area contributed by atoms with Gasteiger partial charge in [-0.2, -0.15) is 26.3 Å². The fourth-order valence-electron chi connectivity index (χ4n) is 1.95. The number of pyridine rings is 2. The Kier molecular flexibility index (Phi) is 5.75. The zero-order chi connectivity index (χ0) is 22.0. The first kappa shape index (κ1) is 21.6. The zero-order valence-electron chi connectivity index (χ0n) is 14.0. The third-order valence-electron chi connectivity index (χ3n) is 3.27. The number of nitrogens with zero attached hydrogens (tertiary/aromatic N) is 3. The minimum absolute atomic E-state index is 0.0329. The van der Waals surface area contributed by atoms with E-state index in [1.807, 2.05) is 0 Å². The van der Waals surface area contributed by atoms with Gasteiger partial charge in [-0.1, -0.05) is 0 Å². The van der Waals surface area contributed by atoms with Gasteiger partial charge in [0.2, 0.25) is 0 Å². The number of halogens is 6. The highest BCUT2D eigenvalue weighted by molar-refractivity contribution is 5.97. The van der Waals surface area contributed by atoms with E-state index in [0.717, 1.165) is 24.5 Å². The highest BCUT2D eigenvalue weighted by Gasteiger charge is 2.33. The first-order valence-corrected chi connectivity index (χ1v) is 7.36. The Morgan fingerprint density at radius 3 is 2.00 bits per heavy atom. The molecule has 3 heterocycles. The van der Waals surface area contributed by atoms with Crippen molar-refractivity contribution in [2.24, 2.45) is 5.73 Å². The molecule has 3 rings (SSSR count). The van der Waals surface area contributed by atoms with E-state index in [0.29, 0.717) is 6.07 Å². The molecule has 0 unspecified atom stereocenters. The van der Waals surface area contributed by atoms with Gasteiger partial charge in [-0.25, -0.2) is 15.0 Å². The lowest BCUT2D eigenvalue weighted by atomic mass is 10.2. The number of nitrogens with two attached hydrogens (primary N) is 2. The summed E-state index contributed by atoms with van der Waals surface area (Å²) in [4.78, 5) is 33.8. The van der Waals surface area contributed by atoms with Crippen LogP contribution in [0.4, 0.5) is 32.2 Å². The molecule has 0 aliphatic carbocycles. The van der Waals surface area contributed by atoms with Crippen LogP contribution in [0.5, 0.6) is 0 Å². The lowest BCUT2D eigenvalue weighted by Gasteiger charge is -2.07. The van der Waals surface area contributed by atoms with E-state index in [4.69, 9.17) is 11.5 Å². The second-order valence-electron chi connectivity index (χ2n) is 5.29. The Bertz CT molecular complexity index is 1110. The van der Waals surface area contributed by atoms with E-state index in [-0.39, 0.29) is 16.6 Å². The Labute approximate surface area is 156 Å². The van der Waals surface area contributed by atoms with Crippen LogP contribution in [0.25, 0.3) is 11.0 Å². The SMILES string of the molecule is NC(=O)c1ccc(C(F)(F)F)nc1N.O=c1[nH]cnc2nc(C(F)(F)F)ccc12. The number of rotatable bonds is 1. The molecule has 8 nitrogen and oxygen atoms in total. The fraction of sp³-hybridized carbons (Fsp3) is 0.133. The lowest BCUT2D eigenvalue weighted by Crippen LogP contribution is -2.17. The monoisotopic (exact) mass is 420 g/mol. The number of carbonyl (C=O) groups is 1. The Balaban J connectivity index is 0.000000208. The van der Waals surface area contributed by atoms with Crippen molar-refractivity contribution >= 4 is 22.8 Å². The second-order valence-corrected chi connectivity index (χ2v) is 5.29. The maximum atomic E-state index is 12.2. The Morgan fingerprint density at radius 2 is 1.48 bits per heavy atom. The molecule has 1 amide bonds. The predicted octanol–water partition coefficient (Wildman–Crippen LogP) is 2.12. The van der Waals surface area contributed by atoms with Crippen molar-refractivity contribution in [3.8, 4) is 0 Å². The van der Waals surface area contributed by atoms with Crippen molar-refractivity contribution in [3.05, 3.63) is 57.9 Å². The topological polar surface area (TPSA) is 141 Å². The number of alkyl halides is 6. The van der Waals surface area contributed by atoms with Crippen molar-refractivity contribution in [1.82, 2.24) is 19.9 Å². The zero-order valence-corrected chi connectivity index (χ0v) is 14.0. The number of nitrogens with one attached hydrogen (secondary N) is 1. The molecular weight excluding hydrogens is 410 g/mol. The molecule has 0 aliphatic rings. The molecule has 0 spiro atoms. The van der Waals surface area contributed by atoms with Gasteiger partial charge in [0.15, 0.2) is 5.65 Å². The number of aromatic nitrogens is 4. The molecule has 0 aromatic carbocycles. The quantitative estimate of drug-likeness (QED) is 0.515. The summed E-state index contributed by atoms with van der Waals surface area (Å²) in [6.07, 6.45) is -8.10. The summed E-state index contributed by atoms with van der Waals surface area (Å²) >= 11 is 0. The smallest absolute Gasteiger partial charge is 0.383 e. The summed E-state index contributed by atoms with van der Waals surface area (Å²) in [6, 6.07) is 3.35. The maximum absolute atomic E-state index is 12.2. The van der Waals surface area contributed by atoms with Gasteiger partial charge in [-0.15, -0.1) is 0 Å². The van der Waals surface area contributed by atoms with Gasteiger partial charge >= 0.3 is 12.4 Å². The van der Waals surface area contributed by atoms with E-state index >= 15 is 0 Å². The van der Waals surface area contributed by atoms with Crippen LogP contribution in [0.2, 0.25) is 0 Å². The number of primary amides is 1. The largest absolute Gasteiger partial charge is 0.433 e. The predicted molar refractivity (Wildman–Crippen MR) is 87.3 cm³/mol. The molecular formula is C15H10F6N6O2. The highest BCUT2D eigenvalue weighted by Crippen LogP contribution is 2.29. The van der Waals surface area contributed by atoms with Crippen LogP contribution in [0.15, 0.2) is 35.4 Å². The standard InChI is InChI=1S/C8H4F3N3O.C7H6F3N3O/c9-8(10,11)5-2-1-4-6(14-5)12-3-13-7(4)15;8-7(9,10)4-2-1-3(6(12)14)5(11)13-4/h1-3H,(H,12,13,14,15);1-2H,(H2,11,13)(H2,12,14). The van der Waals surface area contributed by atoms with Crippen LogP contribution in [0.1, 0.15) is 21.7 Å². The summed E-state index contributed by atoms with van der Waals surface area (Å²) in [5.74, 6) is -1.43. The number of hydrogen-bond donors (Lipinski definition) is 3. The van der Waals surface area contributed by atoms with Crippen LogP contribution in [-0.2, 0) is 12.4 Å². The van der Waals surface area contributed by atoms with Gasteiger partial charge in [0.25, 0.3) is 11.5 Å². The normalized spacial score (nSPS) is 11.7. The number of carbonyl (C=O) groups excluding carboxylic acids is 1. The molecule has 0 atom stereocenters. The minimum atomic E-state index is -4.58. The van der Waals surface area contributed by atoms with Crippen molar-refractivity contribution in [3.63, 3.8) is 0 Å². The second kappa shape index (κ2) is 7.73. The lowest BCUT2D eigenvalue weighted by molar-refractivity contribution is -0.141. The van der Waals surface area contributed by atoms with Crippen LogP contribution >= 0.6 is 0 Å². The summed E-state index contributed by atoms with van der Waals surface area (Å²) in [5, 5.41) is 0.0329. The van der Waals surface area contributed by atoms with Crippen LogP contribution < -0.4 is 17.0 Å². The molecule has 14 heteroatoms. The molecule has 0 saturated carbocycles. The average Bonchev–Trinajstić information content (AvgIpc) is 2.60. The first-order valence-electron chi connectivity index (χ1n) is 7.36. The number of H-pyrrole nitrogens is 1. The molecule has 0 fully saturated rings. The molecule has 0 radical (unpaired) electrons. The molecule has 3 aromatic heterocycles. The van der Waals surface area contributed by atoms with E-state index in [1.165, 1.54) is 0 Å². The van der Waals surface area contributed by atoms with Gasteiger partial charge in [0.05, 0.1) is 17.3 Å². The number of aromatic amines is 1. The van der Waals surface area contributed by atoms with Crippen molar-refractivity contribution in [2.45, 2.75) is 12.4 Å². The van der Waals surface area contributed by atoms with Gasteiger partial charge < -0.3 is 16.5 Å². The van der Waals surface area contributed by atoms with Gasteiger partial charge in [-0.3, -0.25) is 9.59 Å². The van der Waals surface area contributed by atoms with Crippen LogP contribution in [0.3, 0.4) is 0 Å². The summed E-state index contributed by atoms with van der Waals surface area (Å²) in [6.45, 7) is 0. The van der Waals surface area contributed by atoms with E-state index in [2.05, 4.69) is 19.9 Å². The van der Waals surface area contributed by atoms with Crippen molar-refractivity contribution in [2.75, 3.05) is 5.73 Å². The number of nitrogen functional groups attached to an aromatic ring is 1. The molecule has 5 N–H and O–H groups in total. The molecule has 0 saturated heterocycles. The van der Waals surface area contributed by atoms with Crippen molar-refractivity contribution in [1.29, 1.82) is 0 Å². The number of anilines is 1. The highest BCUT2D eigenvalue weighted by atomic mass is 19.4. The van der Waals surface area contributed by atoms with Crippen LogP contribution in [0, 0.1) is 0 Å². The number of fused-ring (bicyclic) bond motifs is 1. The van der Waals surface area contributed by atoms with E-state index in [1.54, 1.807) is 0 Å². The molecule has 0 aliphatic heterocycles. The minimum Gasteiger partial charge on any atom is -0.383 e. The number of hydrogen-bond acceptors (Lipinski definition) is 6. The third-order valence-corrected chi connectivity index (χ3v) is 3.27.